The molecule has 1 saturated heterocycles. The number of ether oxygens (including phenoxy) is 1. The third kappa shape index (κ3) is 1.52. The molecule has 3 nitrogen and oxygen atoms in total. The van der Waals surface area contributed by atoms with E-state index in [1.165, 1.54) is 16.8 Å². The predicted molar refractivity (Wildman–Crippen MR) is 65.6 cm³/mol. The van der Waals surface area contributed by atoms with Gasteiger partial charge in [-0.3, -0.25) is 4.99 Å². The summed E-state index contributed by atoms with van der Waals surface area (Å²) in [6, 6.07) is 6.48. The average molecular weight is 216 g/mol. The van der Waals surface area contributed by atoms with Crippen LogP contribution in [0.5, 0.6) is 0 Å². The van der Waals surface area contributed by atoms with Crippen LogP contribution in [0.4, 0.5) is 5.69 Å². The second kappa shape index (κ2) is 3.91. The topological polar surface area (TPSA) is 24.8 Å². The maximum absolute atomic E-state index is 5.31. The van der Waals surface area contributed by atoms with Crippen LogP contribution in [0.2, 0.25) is 0 Å². The molecule has 0 bridgehead atoms. The number of rotatable bonds is 2. The molecule has 0 spiro atoms. The molecular weight excluding hydrogens is 200 g/mol. The Balaban J connectivity index is 1.88. The van der Waals surface area contributed by atoms with E-state index in [1.54, 1.807) is 7.11 Å². The van der Waals surface area contributed by atoms with Gasteiger partial charge < -0.3 is 9.64 Å². The third-order valence-electron chi connectivity index (χ3n) is 3.43. The number of aliphatic imine (C=N–C) groups is 1. The Kier molecular flexibility index (Phi) is 2.40. The molecule has 1 aromatic rings. The van der Waals surface area contributed by atoms with E-state index < -0.39 is 0 Å². The minimum Gasteiger partial charge on any atom is -0.378 e. The van der Waals surface area contributed by atoms with Gasteiger partial charge in [0.25, 0.3) is 0 Å². The Labute approximate surface area is 95.7 Å². The van der Waals surface area contributed by atoms with Crippen molar-refractivity contribution >= 4 is 11.9 Å². The summed E-state index contributed by atoms with van der Waals surface area (Å²) >= 11 is 0. The zero-order chi connectivity index (χ0) is 11.0. The maximum Gasteiger partial charge on any atom is 0.0920 e. The second-order valence-corrected chi connectivity index (χ2v) is 4.39. The van der Waals surface area contributed by atoms with Gasteiger partial charge in [-0.2, -0.15) is 0 Å². The highest BCUT2D eigenvalue weighted by atomic mass is 16.5. The Hall–Kier alpha value is -1.35. The van der Waals surface area contributed by atoms with Gasteiger partial charge in [-0.05, 0) is 23.6 Å². The highest BCUT2D eigenvalue weighted by molar-refractivity contribution is 5.86. The van der Waals surface area contributed by atoms with Crippen molar-refractivity contribution in [2.75, 3.05) is 31.6 Å². The lowest BCUT2D eigenvalue weighted by Gasteiger charge is -2.41. The summed E-state index contributed by atoms with van der Waals surface area (Å²) in [5, 5.41) is 0. The van der Waals surface area contributed by atoms with Crippen molar-refractivity contribution < 1.29 is 4.74 Å². The van der Waals surface area contributed by atoms with Gasteiger partial charge in [-0.1, -0.05) is 12.1 Å². The molecule has 2 heterocycles. The fourth-order valence-electron chi connectivity index (χ4n) is 2.40. The van der Waals surface area contributed by atoms with Crippen LogP contribution in [-0.4, -0.2) is 39.1 Å². The summed E-state index contributed by atoms with van der Waals surface area (Å²) in [6.07, 6.45) is 3.47. The van der Waals surface area contributed by atoms with Gasteiger partial charge in [0.2, 0.25) is 0 Å². The second-order valence-electron chi connectivity index (χ2n) is 4.39. The Morgan fingerprint density at radius 3 is 3.06 bits per heavy atom. The normalized spacial score (nSPS) is 19.4. The number of benzene rings is 1. The van der Waals surface area contributed by atoms with Crippen molar-refractivity contribution in [3.05, 3.63) is 29.3 Å². The molecule has 0 N–H and O–H groups in total. The molecule has 0 saturated carbocycles. The molecule has 0 radical (unpaired) electrons. The molecule has 0 amide bonds. The van der Waals surface area contributed by atoms with Gasteiger partial charge in [0.05, 0.1) is 6.10 Å². The molecule has 0 atom stereocenters. The number of hydrogen-bond acceptors (Lipinski definition) is 3. The van der Waals surface area contributed by atoms with Crippen LogP contribution in [0.25, 0.3) is 0 Å². The Morgan fingerprint density at radius 2 is 2.25 bits per heavy atom. The fourth-order valence-corrected chi connectivity index (χ4v) is 2.40. The molecule has 1 aromatic carbocycles. The first-order valence-corrected chi connectivity index (χ1v) is 5.78. The van der Waals surface area contributed by atoms with E-state index in [1.807, 2.05) is 6.21 Å². The zero-order valence-corrected chi connectivity index (χ0v) is 9.52. The van der Waals surface area contributed by atoms with Gasteiger partial charge in [-0.15, -0.1) is 0 Å². The minimum absolute atomic E-state index is 0.410. The summed E-state index contributed by atoms with van der Waals surface area (Å²) in [7, 11) is 1.79. The highest BCUT2D eigenvalue weighted by Crippen LogP contribution is 2.29. The molecule has 0 unspecified atom stereocenters. The van der Waals surface area contributed by atoms with E-state index >= 15 is 0 Å². The van der Waals surface area contributed by atoms with Gasteiger partial charge in [0.15, 0.2) is 0 Å². The molecule has 2 aliphatic heterocycles. The van der Waals surface area contributed by atoms with Crippen LogP contribution < -0.4 is 4.90 Å². The molecule has 3 rings (SSSR count). The lowest BCUT2D eigenvalue weighted by Crippen LogP contribution is -2.52. The van der Waals surface area contributed by atoms with Gasteiger partial charge in [0, 0.05) is 38.6 Å². The number of nitrogens with zero attached hydrogens (tertiary/aromatic N) is 2. The van der Waals surface area contributed by atoms with Gasteiger partial charge in [-0.25, -0.2) is 0 Å². The van der Waals surface area contributed by atoms with E-state index in [2.05, 4.69) is 28.1 Å². The largest absolute Gasteiger partial charge is 0.378 e. The van der Waals surface area contributed by atoms with Crippen LogP contribution >= 0.6 is 0 Å². The summed E-state index contributed by atoms with van der Waals surface area (Å²) in [5.74, 6) is 0. The average Bonchev–Trinajstić information content (AvgIpc) is 2.28. The standard InChI is InChI=1S/C13H16N2O/c1-16-11-8-15(9-11)13-4-2-3-10-7-14-6-5-12(10)13/h2-4,7,11H,5-6,8-9H2,1H3. The van der Waals surface area contributed by atoms with Gasteiger partial charge >= 0.3 is 0 Å². The first-order valence-electron chi connectivity index (χ1n) is 5.78. The van der Waals surface area contributed by atoms with E-state index in [0.717, 1.165) is 26.1 Å². The number of anilines is 1. The molecule has 84 valence electrons. The number of hydrogen-bond donors (Lipinski definition) is 0. The lowest BCUT2D eigenvalue weighted by atomic mass is 9.98. The molecule has 2 aliphatic rings. The lowest BCUT2D eigenvalue weighted by molar-refractivity contribution is 0.0787. The van der Waals surface area contributed by atoms with Crippen LogP contribution in [0.3, 0.4) is 0 Å². The van der Waals surface area contributed by atoms with Crippen molar-refractivity contribution in [2.24, 2.45) is 4.99 Å². The van der Waals surface area contributed by atoms with Crippen molar-refractivity contribution in [1.82, 2.24) is 0 Å². The fraction of sp³-hybridized carbons (Fsp3) is 0.462. The number of methoxy groups -OCH3 is 1. The van der Waals surface area contributed by atoms with E-state index in [-0.39, 0.29) is 0 Å². The highest BCUT2D eigenvalue weighted by Gasteiger charge is 2.28. The first kappa shape index (κ1) is 9.85. The summed E-state index contributed by atoms with van der Waals surface area (Å²) in [6.45, 7) is 2.96. The van der Waals surface area contributed by atoms with Crippen LogP contribution in [-0.2, 0) is 11.2 Å². The molecule has 1 fully saturated rings. The summed E-state index contributed by atoms with van der Waals surface area (Å²) < 4.78 is 5.31. The van der Waals surface area contributed by atoms with E-state index in [9.17, 15) is 0 Å². The summed E-state index contributed by atoms with van der Waals surface area (Å²) in [4.78, 5) is 6.72. The Morgan fingerprint density at radius 1 is 1.38 bits per heavy atom. The monoisotopic (exact) mass is 216 g/mol. The van der Waals surface area contributed by atoms with Crippen molar-refractivity contribution in [2.45, 2.75) is 12.5 Å². The van der Waals surface area contributed by atoms with Crippen molar-refractivity contribution in [1.29, 1.82) is 0 Å². The Bertz CT molecular complexity index is 422. The molecule has 0 aromatic heterocycles. The number of fused-ring (bicyclic) bond motifs is 1. The molecule has 16 heavy (non-hydrogen) atoms. The van der Waals surface area contributed by atoms with Crippen LogP contribution in [0, 0.1) is 0 Å². The van der Waals surface area contributed by atoms with Crippen LogP contribution in [0.1, 0.15) is 11.1 Å². The SMILES string of the molecule is COC1CN(c2cccc3c2CCN=C3)C1. The molecule has 0 aliphatic carbocycles. The maximum atomic E-state index is 5.31. The van der Waals surface area contributed by atoms with Crippen LogP contribution in [0.15, 0.2) is 23.2 Å². The van der Waals surface area contributed by atoms with E-state index in [0.29, 0.717) is 6.10 Å². The third-order valence-corrected chi connectivity index (χ3v) is 3.43. The summed E-state index contributed by atoms with van der Waals surface area (Å²) in [5.41, 5.74) is 4.11. The predicted octanol–water partition coefficient (Wildman–Crippen LogP) is 1.50. The minimum atomic E-state index is 0.410. The molecule has 3 heteroatoms. The first-order chi connectivity index (χ1) is 7.88. The van der Waals surface area contributed by atoms with E-state index in [4.69, 9.17) is 4.74 Å². The smallest absolute Gasteiger partial charge is 0.0920 e. The quantitative estimate of drug-likeness (QED) is 0.748. The molecular formula is C13H16N2O. The van der Waals surface area contributed by atoms with Crippen molar-refractivity contribution in [3.63, 3.8) is 0 Å². The zero-order valence-electron chi connectivity index (χ0n) is 9.52. The van der Waals surface area contributed by atoms with Gasteiger partial charge in [0.1, 0.15) is 0 Å². The van der Waals surface area contributed by atoms with Crippen molar-refractivity contribution in [3.8, 4) is 0 Å².